The molecule has 68 valence electrons. The maximum absolute atomic E-state index is 13.2. The number of nitrogens with two attached hydrogens (primary N) is 1. The molecule has 1 aromatic carbocycles. The van der Waals surface area contributed by atoms with Crippen LogP contribution in [0.3, 0.4) is 0 Å². The first-order valence-corrected chi connectivity index (χ1v) is 3.63. The smallest absolute Gasteiger partial charge is 0.130 e. The van der Waals surface area contributed by atoms with Crippen molar-refractivity contribution in [1.29, 1.82) is 0 Å². The molecule has 1 aromatic rings. The minimum Gasteiger partial charge on any atom is -0.324 e. The highest BCUT2D eigenvalue weighted by Crippen LogP contribution is 2.16. The number of halogens is 2. The summed E-state index contributed by atoms with van der Waals surface area (Å²) >= 11 is 0. The maximum atomic E-state index is 13.2. The molecular formula is C9H13ClFN. The predicted molar refractivity (Wildman–Crippen MR) is 51.0 cm³/mol. The van der Waals surface area contributed by atoms with Crippen LogP contribution in [0, 0.1) is 12.7 Å². The molecule has 0 aliphatic carbocycles. The molecule has 2 N–H and O–H groups in total. The number of hydrogen-bond acceptors (Lipinski definition) is 1. The van der Waals surface area contributed by atoms with Gasteiger partial charge in [-0.2, -0.15) is 0 Å². The first-order chi connectivity index (χ1) is 5.13. The second kappa shape index (κ2) is 4.43. The van der Waals surface area contributed by atoms with Crippen molar-refractivity contribution in [1.82, 2.24) is 0 Å². The Morgan fingerprint density at radius 1 is 1.42 bits per heavy atom. The van der Waals surface area contributed by atoms with Crippen LogP contribution >= 0.6 is 12.4 Å². The van der Waals surface area contributed by atoms with Gasteiger partial charge in [0.1, 0.15) is 5.82 Å². The highest BCUT2D eigenvalue weighted by Gasteiger charge is 2.07. The largest absolute Gasteiger partial charge is 0.324 e. The third kappa shape index (κ3) is 2.19. The molecule has 0 aliphatic heterocycles. The normalized spacial score (nSPS) is 12.0. The summed E-state index contributed by atoms with van der Waals surface area (Å²) in [4.78, 5) is 0. The van der Waals surface area contributed by atoms with Crippen LogP contribution in [-0.4, -0.2) is 0 Å². The third-order valence-corrected chi connectivity index (χ3v) is 1.71. The lowest BCUT2D eigenvalue weighted by Gasteiger charge is -2.07. The van der Waals surface area contributed by atoms with Gasteiger partial charge in [-0.15, -0.1) is 12.4 Å². The van der Waals surface area contributed by atoms with E-state index in [-0.39, 0.29) is 24.3 Å². The summed E-state index contributed by atoms with van der Waals surface area (Å²) in [5.41, 5.74) is 6.78. The minimum atomic E-state index is -0.227. The first-order valence-electron chi connectivity index (χ1n) is 3.63. The molecule has 3 heteroatoms. The van der Waals surface area contributed by atoms with Gasteiger partial charge in [0.2, 0.25) is 0 Å². The van der Waals surface area contributed by atoms with E-state index in [0.717, 1.165) is 0 Å². The fraction of sp³-hybridized carbons (Fsp3) is 0.333. The minimum absolute atomic E-state index is 0. The maximum Gasteiger partial charge on any atom is 0.130 e. The lowest BCUT2D eigenvalue weighted by Crippen LogP contribution is -2.07. The standard InChI is InChI=1S/C9H12FN.ClH/c1-6-4-3-5-8(7(2)11)9(6)10;/h3-5,7H,11H2,1-2H3;1H/t7-;/m0./s1. The fourth-order valence-electron chi connectivity index (χ4n) is 1.02. The van der Waals surface area contributed by atoms with Gasteiger partial charge in [0.05, 0.1) is 0 Å². The molecule has 0 saturated carbocycles. The third-order valence-electron chi connectivity index (χ3n) is 1.71. The average molecular weight is 190 g/mol. The molecule has 1 atom stereocenters. The lowest BCUT2D eigenvalue weighted by molar-refractivity contribution is 0.585. The van der Waals surface area contributed by atoms with Gasteiger partial charge in [0, 0.05) is 11.6 Å². The van der Waals surface area contributed by atoms with Crippen molar-refractivity contribution < 1.29 is 4.39 Å². The van der Waals surface area contributed by atoms with Crippen LogP contribution in [0.2, 0.25) is 0 Å². The van der Waals surface area contributed by atoms with Gasteiger partial charge < -0.3 is 5.73 Å². The fourth-order valence-corrected chi connectivity index (χ4v) is 1.02. The van der Waals surface area contributed by atoms with E-state index in [2.05, 4.69) is 0 Å². The highest BCUT2D eigenvalue weighted by molar-refractivity contribution is 5.85. The van der Waals surface area contributed by atoms with Crippen LogP contribution in [0.5, 0.6) is 0 Å². The topological polar surface area (TPSA) is 26.0 Å². The van der Waals surface area contributed by atoms with Gasteiger partial charge in [0.15, 0.2) is 0 Å². The van der Waals surface area contributed by atoms with Gasteiger partial charge in [-0.25, -0.2) is 4.39 Å². The van der Waals surface area contributed by atoms with E-state index < -0.39 is 0 Å². The Labute approximate surface area is 78.2 Å². The molecular weight excluding hydrogens is 177 g/mol. The van der Waals surface area contributed by atoms with Crippen molar-refractivity contribution in [2.24, 2.45) is 5.73 Å². The van der Waals surface area contributed by atoms with Crippen molar-refractivity contribution in [2.75, 3.05) is 0 Å². The van der Waals surface area contributed by atoms with Crippen LogP contribution in [-0.2, 0) is 0 Å². The first kappa shape index (κ1) is 11.4. The molecule has 1 nitrogen and oxygen atoms in total. The SMILES string of the molecule is Cc1cccc([C@H](C)N)c1F.Cl. The number of aryl methyl sites for hydroxylation is 1. The number of rotatable bonds is 1. The second-order valence-electron chi connectivity index (χ2n) is 2.77. The zero-order chi connectivity index (χ0) is 8.43. The molecule has 0 aromatic heterocycles. The summed E-state index contributed by atoms with van der Waals surface area (Å²) < 4.78 is 13.2. The second-order valence-corrected chi connectivity index (χ2v) is 2.77. The summed E-state index contributed by atoms with van der Waals surface area (Å²) in [6, 6.07) is 5.04. The van der Waals surface area contributed by atoms with E-state index in [1.165, 1.54) is 0 Å². The number of hydrogen-bond donors (Lipinski definition) is 1. The Bertz CT molecular complexity index is 261. The molecule has 12 heavy (non-hydrogen) atoms. The predicted octanol–water partition coefficient (Wildman–Crippen LogP) is 2.58. The van der Waals surface area contributed by atoms with Crippen molar-refractivity contribution in [3.63, 3.8) is 0 Å². The van der Waals surface area contributed by atoms with Crippen molar-refractivity contribution in [3.05, 3.63) is 35.1 Å². The Kier molecular flexibility index (Phi) is 4.21. The molecule has 0 bridgehead atoms. The summed E-state index contributed by atoms with van der Waals surface area (Å²) in [7, 11) is 0. The van der Waals surface area contributed by atoms with Crippen LogP contribution in [0.15, 0.2) is 18.2 Å². The van der Waals surface area contributed by atoms with E-state index >= 15 is 0 Å². The molecule has 0 aliphatic rings. The molecule has 0 unspecified atom stereocenters. The Hall–Kier alpha value is -0.600. The summed E-state index contributed by atoms with van der Waals surface area (Å²) in [5, 5.41) is 0. The van der Waals surface area contributed by atoms with Crippen LogP contribution in [0.1, 0.15) is 24.1 Å². The summed E-state index contributed by atoms with van der Waals surface area (Å²) in [6.45, 7) is 3.51. The number of benzene rings is 1. The van der Waals surface area contributed by atoms with Crippen LogP contribution < -0.4 is 5.73 Å². The molecule has 0 spiro atoms. The van der Waals surface area contributed by atoms with Crippen molar-refractivity contribution >= 4 is 12.4 Å². The highest BCUT2D eigenvalue weighted by atomic mass is 35.5. The monoisotopic (exact) mass is 189 g/mol. The van der Waals surface area contributed by atoms with Gasteiger partial charge in [-0.05, 0) is 19.4 Å². The zero-order valence-corrected chi connectivity index (χ0v) is 7.99. The van der Waals surface area contributed by atoms with Gasteiger partial charge in [-0.1, -0.05) is 18.2 Å². The van der Waals surface area contributed by atoms with Gasteiger partial charge in [0.25, 0.3) is 0 Å². The molecule has 0 fully saturated rings. The summed E-state index contributed by atoms with van der Waals surface area (Å²) in [5.74, 6) is -0.178. The van der Waals surface area contributed by atoms with Gasteiger partial charge >= 0.3 is 0 Å². The van der Waals surface area contributed by atoms with E-state index in [4.69, 9.17) is 5.73 Å². The van der Waals surface area contributed by atoms with Crippen molar-refractivity contribution in [3.8, 4) is 0 Å². The Balaban J connectivity index is 0.00000121. The zero-order valence-electron chi connectivity index (χ0n) is 7.17. The molecule has 0 saturated heterocycles. The lowest BCUT2D eigenvalue weighted by atomic mass is 10.1. The van der Waals surface area contributed by atoms with Gasteiger partial charge in [-0.3, -0.25) is 0 Å². The van der Waals surface area contributed by atoms with Crippen molar-refractivity contribution in [2.45, 2.75) is 19.9 Å². The van der Waals surface area contributed by atoms with E-state index in [1.54, 1.807) is 26.0 Å². The Morgan fingerprint density at radius 3 is 2.42 bits per heavy atom. The van der Waals surface area contributed by atoms with E-state index in [0.29, 0.717) is 11.1 Å². The quantitative estimate of drug-likeness (QED) is 0.722. The Morgan fingerprint density at radius 2 is 2.00 bits per heavy atom. The van der Waals surface area contributed by atoms with E-state index in [9.17, 15) is 4.39 Å². The summed E-state index contributed by atoms with van der Waals surface area (Å²) in [6.07, 6.45) is 0. The molecule has 0 heterocycles. The van der Waals surface area contributed by atoms with E-state index in [1.807, 2.05) is 6.07 Å². The molecule has 1 rings (SSSR count). The molecule has 0 amide bonds. The van der Waals surface area contributed by atoms with Crippen LogP contribution in [0.25, 0.3) is 0 Å². The average Bonchev–Trinajstić information content (AvgIpc) is 1.94. The van der Waals surface area contributed by atoms with Crippen LogP contribution in [0.4, 0.5) is 4.39 Å². The molecule has 0 radical (unpaired) electrons.